The second kappa shape index (κ2) is 9.85. The summed E-state index contributed by atoms with van der Waals surface area (Å²) in [6.45, 7) is 3.94. The largest absolute Gasteiger partial charge is 0.497 e. The Labute approximate surface area is 187 Å². The summed E-state index contributed by atoms with van der Waals surface area (Å²) in [4.78, 5) is 2.39. The van der Waals surface area contributed by atoms with Crippen LogP contribution in [0.25, 0.3) is 0 Å². The zero-order valence-electron chi connectivity index (χ0n) is 17.4. The van der Waals surface area contributed by atoms with Gasteiger partial charge in [0.15, 0.2) is 0 Å². The summed E-state index contributed by atoms with van der Waals surface area (Å²) in [5.74, 6) is 1.38. The van der Waals surface area contributed by atoms with Crippen molar-refractivity contribution in [1.29, 1.82) is 0 Å². The molecule has 0 bridgehead atoms. The summed E-state index contributed by atoms with van der Waals surface area (Å²) in [5, 5.41) is 4.41. The van der Waals surface area contributed by atoms with Gasteiger partial charge in [0.25, 0.3) is 10.0 Å². The van der Waals surface area contributed by atoms with Gasteiger partial charge in [-0.05, 0) is 61.9 Å². The molecule has 0 radical (unpaired) electrons. The van der Waals surface area contributed by atoms with Crippen LogP contribution in [-0.4, -0.2) is 21.2 Å². The Hall–Kier alpha value is -3.03. The van der Waals surface area contributed by atoms with Crippen molar-refractivity contribution in [2.75, 3.05) is 7.11 Å². The molecule has 0 aliphatic rings. The lowest BCUT2D eigenvalue weighted by atomic mass is 10.1. The zero-order chi connectivity index (χ0) is 22.4. The molecule has 3 aromatic carbocycles. The van der Waals surface area contributed by atoms with E-state index < -0.39 is 10.0 Å². The predicted octanol–water partition coefficient (Wildman–Crippen LogP) is 4.94. The molecule has 0 amide bonds. The van der Waals surface area contributed by atoms with E-state index in [1.54, 1.807) is 44.4 Å². The molecule has 0 unspecified atom stereocenters. The van der Waals surface area contributed by atoms with Crippen molar-refractivity contribution in [3.8, 4) is 11.5 Å². The number of hydrazone groups is 1. The van der Waals surface area contributed by atoms with Gasteiger partial charge in [0.05, 0.1) is 22.7 Å². The Morgan fingerprint density at radius 2 is 1.65 bits per heavy atom. The van der Waals surface area contributed by atoms with E-state index in [9.17, 15) is 8.42 Å². The van der Waals surface area contributed by atoms with Gasteiger partial charge >= 0.3 is 0 Å². The van der Waals surface area contributed by atoms with Crippen LogP contribution in [0.3, 0.4) is 0 Å². The molecule has 0 spiro atoms. The van der Waals surface area contributed by atoms with Crippen molar-refractivity contribution in [3.05, 3.63) is 88.4 Å². The minimum Gasteiger partial charge on any atom is -0.497 e. The first-order valence-corrected chi connectivity index (χ1v) is 11.3. The molecule has 3 aromatic rings. The number of halogens is 1. The Kier molecular flexibility index (Phi) is 7.20. The average molecular weight is 459 g/mol. The first-order valence-electron chi connectivity index (χ1n) is 9.47. The van der Waals surface area contributed by atoms with Crippen LogP contribution in [0.5, 0.6) is 11.5 Å². The lowest BCUT2D eigenvalue weighted by molar-refractivity contribution is 0.306. The number of benzene rings is 3. The van der Waals surface area contributed by atoms with Crippen LogP contribution in [0, 0.1) is 6.92 Å². The quantitative estimate of drug-likeness (QED) is 0.383. The number of methoxy groups -OCH3 is 1. The van der Waals surface area contributed by atoms with Gasteiger partial charge < -0.3 is 9.47 Å². The van der Waals surface area contributed by atoms with Crippen molar-refractivity contribution >= 4 is 27.3 Å². The summed E-state index contributed by atoms with van der Waals surface area (Å²) >= 11 is 6.38. The molecule has 162 valence electrons. The number of hydrogen-bond acceptors (Lipinski definition) is 5. The Morgan fingerprint density at radius 3 is 2.26 bits per heavy atom. The van der Waals surface area contributed by atoms with Gasteiger partial charge in [0, 0.05) is 5.56 Å². The number of aryl methyl sites for hydroxylation is 1. The second-order valence-corrected chi connectivity index (χ2v) is 8.95. The monoisotopic (exact) mass is 458 g/mol. The van der Waals surface area contributed by atoms with E-state index in [1.807, 2.05) is 31.2 Å². The summed E-state index contributed by atoms with van der Waals surface area (Å²) < 4.78 is 35.7. The highest BCUT2D eigenvalue weighted by molar-refractivity contribution is 7.89. The number of ether oxygens (including phenoxy) is 2. The molecule has 0 aliphatic carbocycles. The average Bonchev–Trinajstić information content (AvgIpc) is 2.77. The van der Waals surface area contributed by atoms with Crippen LogP contribution < -0.4 is 14.3 Å². The predicted molar refractivity (Wildman–Crippen MR) is 122 cm³/mol. The van der Waals surface area contributed by atoms with Crippen molar-refractivity contribution in [3.63, 3.8) is 0 Å². The molecule has 3 rings (SSSR count). The highest BCUT2D eigenvalue weighted by atomic mass is 35.5. The smallest absolute Gasteiger partial charge is 0.276 e. The molecule has 0 aliphatic heterocycles. The maximum absolute atomic E-state index is 12.4. The number of hydrogen-bond donors (Lipinski definition) is 1. The summed E-state index contributed by atoms with van der Waals surface area (Å²) in [5.41, 5.74) is 3.00. The van der Waals surface area contributed by atoms with Crippen LogP contribution in [-0.2, 0) is 16.6 Å². The second-order valence-electron chi connectivity index (χ2n) is 6.88. The molecule has 0 aromatic heterocycles. The van der Waals surface area contributed by atoms with Gasteiger partial charge in [-0.1, -0.05) is 41.4 Å². The van der Waals surface area contributed by atoms with Gasteiger partial charge in [-0.3, -0.25) is 0 Å². The number of sulfonamides is 1. The third-order valence-corrected chi connectivity index (χ3v) is 6.10. The first kappa shape index (κ1) is 22.7. The van der Waals surface area contributed by atoms with E-state index in [-0.39, 0.29) is 4.90 Å². The van der Waals surface area contributed by atoms with Crippen LogP contribution in [0.2, 0.25) is 5.02 Å². The summed E-state index contributed by atoms with van der Waals surface area (Å²) in [6.07, 6.45) is 0. The van der Waals surface area contributed by atoms with Crippen LogP contribution >= 0.6 is 11.6 Å². The Morgan fingerprint density at radius 1 is 1.00 bits per heavy atom. The molecule has 6 nitrogen and oxygen atoms in total. The van der Waals surface area contributed by atoms with Crippen LogP contribution in [0.15, 0.2) is 76.7 Å². The molecule has 31 heavy (non-hydrogen) atoms. The third kappa shape index (κ3) is 5.99. The highest BCUT2D eigenvalue weighted by Crippen LogP contribution is 2.24. The van der Waals surface area contributed by atoms with Gasteiger partial charge in [0.2, 0.25) is 0 Å². The lowest BCUT2D eigenvalue weighted by Gasteiger charge is -2.10. The van der Waals surface area contributed by atoms with Crippen molar-refractivity contribution < 1.29 is 17.9 Å². The van der Waals surface area contributed by atoms with E-state index in [0.29, 0.717) is 28.7 Å². The fraction of sp³-hybridized carbons (Fsp3) is 0.174. The van der Waals surface area contributed by atoms with Gasteiger partial charge in [-0.2, -0.15) is 18.4 Å². The Balaban J connectivity index is 1.67. The zero-order valence-corrected chi connectivity index (χ0v) is 19.0. The minimum absolute atomic E-state index is 0.142. The van der Waals surface area contributed by atoms with Gasteiger partial charge in [-0.25, -0.2) is 0 Å². The molecular formula is C23H23ClN2O4S. The Bertz CT molecular complexity index is 1180. The van der Waals surface area contributed by atoms with Crippen LogP contribution in [0.4, 0.5) is 0 Å². The van der Waals surface area contributed by atoms with Gasteiger partial charge in [0.1, 0.15) is 18.1 Å². The molecule has 0 atom stereocenters. The summed E-state index contributed by atoms with van der Waals surface area (Å²) in [7, 11) is -2.14. The van der Waals surface area contributed by atoms with E-state index in [4.69, 9.17) is 21.1 Å². The number of nitrogens with zero attached hydrogens (tertiary/aromatic N) is 1. The third-order valence-electron chi connectivity index (χ3n) is 4.56. The number of rotatable bonds is 8. The molecule has 8 heteroatoms. The van der Waals surface area contributed by atoms with Crippen molar-refractivity contribution in [2.45, 2.75) is 25.3 Å². The van der Waals surface area contributed by atoms with E-state index in [0.717, 1.165) is 16.9 Å². The SMILES string of the molecule is COc1ccc(COc2ccc(/C(C)=N\NS(=O)(=O)c3ccc(C)cc3)c(Cl)c2)cc1. The standard InChI is InChI=1S/C23H23ClN2O4S/c1-16-4-11-21(12-5-16)31(27,28)26-25-17(2)22-13-10-20(14-23(22)24)30-15-18-6-8-19(29-3)9-7-18/h4-14,26H,15H2,1-3H3/b25-17-. The van der Waals surface area contributed by atoms with E-state index in [1.165, 1.54) is 12.1 Å². The molecular weight excluding hydrogens is 436 g/mol. The normalized spacial score (nSPS) is 11.8. The highest BCUT2D eigenvalue weighted by Gasteiger charge is 2.13. The van der Waals surface area contributed by atoms with E-state index in [2.05, 4.69) is 9.93 Å². The molecule has 0 fully saturated rings. The topological polar surface area (TPSA) is 77.0 Å². The molecule has 1 N–H and O–H groups in total. The van der Waals surface area contributed by atoms with Crippen molar-refractivity contribution in [2.24, 2.45) is 5.10 Å². The van der Waals surface area contributed by atoms with E-state index >= 15 is 0 Å². The maximum atomic E-state index is 12.4. The molecule has 0 saturated carbocycles. The molecule has 0 saturated heterocycles. The fourth-order valence-electron chi connectivity index (χ4n) is 2.73. The number of nitrogens with one attached hydrogen (secondary N) is 1. The summed E-state index contributed by atoms with van der Waals surface area (Å²) in [6, 6.07) is 19.3. The van der Waals surface area contributed by atoms with Gasteiger partial charge in [-0.15, -0.1) is 0 Å². The van der Waals surface area contributed by atoms with Crippen LogP contribution in [0.1, 0.15) is 23.6 Å². The first-order chi connectivity index (χ1) is 14.8. The molecule has 0 heterocycles. The lowest BCUT2D eigenvalue weighted by Crippen LogP contribution is -2.20. The fourth-order valence-corrected chi connectivity index (χ4v) is 3.89. The van der Waals surface area contributed by atoms with Crippen molar-refractivity contribution in [1.82, 2.24) is 4.83 Å². The minimum atomic E-state index is -3.76. The maximum Gasteiger partial charge on any atom is 0.276 e.